The fraction of sp³-hybridized carbons (Fsp3) is 0.500. The first kappa shape index (κ1) is 21.8. The van der Waals surface area contributed by atoms with Crippen LogP contribution in [0.2, 0.25) is 0 Å². The molecule has 0 saturated carbocycles. The quantitative estimate of drug-likeness (QED) is 0.826. The first-order valence-corrected chi connectivity index (χ1v) is 10.0. The third kappa shape index (κ3) is 4.98. The third-order valence-corrected chi connectivity index (χ3v) is 5.15. The van der Waals surface area contributed by atoms with Gasteiger partial charge in [0, 0.05) is 42.5 Å². The number of ether oxygens (including phenoxy) is 1. The second-order valence-electron chi connectivity index (χ2n) is 9.32. The lowest BCUT2D eigenvalue weighted by Crippen LogP contribution is -2.57. The van der Waals surface area contributed by atoms with E-state index in [1.54, 1.807) is 29.4 Å². The van der Waals surface area contributed by atoms with Crippen molar-refractivity contribution in [2.24, 2.45) is 5.41 Å². The number of hydrogen-bond acceptors (Lipinski definition) is 4. The van der Waals surface area contributed by atoms with Crippen molar-refractivity contribution >= 4 is 12.0 Å². The molecule has 1 atom stereocenters. The zero-order valence-electron chi connectivity index (χ0n) is 18.1. The van der Waals surface area contributed by atoms with Crippen molar-refractivity contribution in [3.8, 4) is 5.69 Å². The molecule has 2 aromatic rings. The Kier molecular flexibility index (Phi) is 5.87. The molecule has 162 valence electrons. The number of benzene rings is 1. The van der Waals surface area contributed by atoms with Crippen LogP contribution in [-0.4, -0.2) is 51.4 Å². The van der Waals surface area contributed by atoms with Gasteiger partial charge < -0.3 is 15.0 Å². The van der Waals surface area contributed by atoms with E-state index < -0.39 is 11.4 Å². The van der Waals surface area contributed by atoms with Crippen LogP contribution in [-0.2, 0) is 4.74 Å². The third-order valence-electron chi connectivity index (χ3n) is 5.15. The maximum absolute atomic E-state index is 14.5. The van der Waals surface area contributed by atoms with Gasteiger partial charge in [0.25, 0.3) is 5.91 Å². The van der Waals surface area contributed by atoms with Gasteiger partial charge in [-0.05, 0) is 51.5 Å². The molecule has 2 heterocycles. The Hall–Kier alpha value is -2.90. The fourth-order valence-electron chi connectivity index (χ4n) is 3.59. The van der Waals surface area contributed by atoms with Crippen molar-refractivity contribution in [3.05, 3.63) is 48.0 Å². The molecule has 1 N–H and O–H groups in total. The summed E-state index contributed by atoms with van der Waals surface area (Å²) >= 11 is 0. The summed E-state index contributed by atoms with van der Waals surface area (Å²) in [7, 11) is 0. The number of carbonyl (C=O) groups excluding carboxylic acids is 2. The number of nitrogens with zero attached hydrogens (tertiary/aromatic N) is 3. The second-order valence-corrected chi connectivity index (χ2v) is 9.32. The molecule has 0 unspecified atom stereocenters. The van der Waals surface area contributed by atoms with Crippen LogP contribution in [0.5, 0.6) is 0 Å². The summed E-state index contributed by atoms with van der Waals surface area (Å²) in [5.41, 5.74) is -0.395. The Morgan fingerprint density at radius 3 is 2.60 bits per heavy atom. The number of amides is 2. The summed E-state index contributed by atoms with van der Waals surface area (Å²) in [6.07, 6.45) is 3.44. The zero-order valence-corrected chi connectivity index (χ0v) is 18.1. The summed E-state index contributed by atoms with van der Waals surface area (Å²) in [4.78, 5) is 26.8. The lowest BCUT2D eigenvalue weighted by atomic mass is 9.79. The summed E-state index contributed by atoms with van der Waals surface area (Å²) < 4.78 is 21.4. The van der Waals surface area contributed by atoms with Crippen molar-refractivity contribution in [3.63, 3.8) is 0 Å². The van der Waals surface area contributed by atoms with Crippen LogP contribution in [0.25, 0.3) is 5.69 Å². The van der Waals surface area contributed by atoms with Gasteiger partial charge in [-0.2, -0.15) is 5.10 Å². The number of rotatable bonds is 3. The largest absolute Gasteiger partial charge is 0.444 e. The molecule has 0 aliphatic carbocycles. The molecular weight excluding hydrogens is 387 g/mol. The molecule has 1 aliphatic heterocycles. The Morgan fingerprint density at radius 2 is 2.03 bits per heavy atom. The molecular formula is C22H29FN4O3. The van der Waals surface area contributed by atoms with Gasteiger partial charge in [0.05, 0.1) is 0 Å². The summed E-state index contributed by atoms with van der Waals surface area (Å²) in [6.45, 7) is 10.4. The van der Waals surface area contributed by atoms with Gasteiger partial charge in [-0.3, -0.25) is 4.79 Å². The van der Waals surface area contributed by atoms with E-state index in [0.29, 0.717) is 19.5 Å². The molecule has 8 heteroatoms. The molecule has 1 fully saturated rings. The van der Waals surface area contributed by atoms with E-state index in [0.717, 1.165) is 0 Å². The summed E-state index contributed by atoms with van der Waals surface area (Å²) in [5, 5.41) is 7.02. The van der Waals surface area contributed by atoms with E-state index in [1.807, 2.05) is 34.6 Å². The van der Waals surface area contributed by atoms with Gasteiger partial charge in [0.15, 0.2) is 0 Å². The van der Waals surface area contributed by atoms with Gasteiger partial charge in [-0.1, -0.05) is 13.8 Å². The van der Waals surface area contributed by atoms with E-state index >= 15 is 0 Å². The van der Waals surface area contributed by atoms with Crippen LogP contribution in [0.15, 0.2) is 36.7 Å². The second kappa shape index (κ2) is 8.08. The van der Waals surface area contributed by atoms with Crippen LogP contribution < -0.4 is 5.32 Å². The number of likely N-dealkylation sites (tertiary alicyclic amines) is 1. The molecule has 1 aromatic carbocycles. The molecule has 3 rings (SSSR count). The van der Waals surface area contributed by atoms with Crippen LogP contribution >= 0.6 is 0 Å². The standard InChI is InChI=1S/C22H29FN4O3/c1-21(2,3)30-20(29)26-12-9-18(22(4,5)14-26)25-19(28)15-7-8-17(16(23)13-15)27-11-6-10-24-27/h6-8,10-11,13,18H,9,12,14H2,1-5H3,(H,25,28)/t18-/m1/s1. The van der Waals surface area contributed by atoms with Gasteiger partial charge >= 0.3 is 6.09 Å². The highest BCUT2D eigenvalue weighted by molar-refractivity contribution is 5.94. The average molecular weight is 416 g/mol. The topological polar surface area (TPSA) is 76.5 Å². The number of nitrogens with one attached hydrogen (secondary N) is 1. The van der Waals surface area contributed by atoms with Crippen molar-refractivity contribution < 1.29 is 18.7 Å². The Balaban J connectivity index is 1.66. The van der Waals surface area contributed by atoms with Crippen LogP contribution in [0.4, 0.5) is 9.18 Å². The maximum Gasteiger partial charge on any atom is 0.410 e. The number of halogens is 1. The predicted octanol–water partition coefficient (Wildman–Crippen LogP) is 3.78. The molecule has 30 heavy (non-hydrogen) atoms. The average Bonchev–Trinajstić information content (AvgIpc) is 3.15. The van der Waals surface area contributed by atoms with Crippen molar-refractivity contribution in [1.82, 2.24) is 20.0 Å². The van der Waals surface area contributed by atoms with Crippen molar-refractivity contribution in [2.75, 3.05) is 13.1 Å². The lowest BCUT2D eigenvalue weighted by molar-refractivity contribution is 0.00270. The zero-order chi connectivity index (χ0) is 22.1. The minimum Gasteiger partial charge on any atom is -0.444 e. The van der Waals surface area contributed by atoms with Crippen molar-refractivity contribution in [1.29, 1.82) is 0 Å². The van der Waals surface area contributed by atoms with Crippen LogP contribution in [0.1, 0.15) is 51.4 Å². The smallest absolute Gasteiger partial charge is 0.410 e. The molecule has 0 bridgehead atoms. The Morgan fingerprint density at radius 1 is 1.30 bits per heavy atom. The van der Waals surface area contributed by atoms with Crippen LogP contribution in [0.3, 0.4) is 0 Å². The maximum atomic E-state index is 14.5. The number of hydrogen-bond donors (Lipinski definition) is 1. The Labute approximate surface area is 176 Å². The number of piperidine rings is 1. The van der Waals surface area contributed by atoms with E-state index in [-0.39, 0.29) is 34.7 Å². The predicted molar refractivity (Wildman–Crippen MR) is 111 cm³/mol. The molecule has 0 spiro atoms. The molecule has 0 radical (unpaired) electrons. The molecule has 1 aliphatic rings. The van der Waals surface area contributed by atoms with E-state index in [9.17, 15) is 14.0 Å². The minimum absolute atomic E-state index is 0.155. The highest BCUT2D eigenvalue weighted by Gasteiger charge is 2.39. The van der Waals surface area contributed by atoms with E-state index in [4.69, 9.17) is 4.74 Å². The molecule has 1 saturated heterocycles. The van der Waals surface area contributed by atoms with Gasteiger partial charge in [0.2, 0.25) is 0 Å². The molecule has 7 nitrogen and oxygen atoms in total. The molecule has 2 amide bonds. The lowest BCUT2D eigenvalue weighted by Gasteiger charge is -2.44. The number of aromatic nitrogens is 2. The van der Waals surface area contributed by atoms with Gasteiger partial charge in [-0.25, -0.2) is 13.9 Å². The Bertz CT molecular complexity index is 919. The highest BCUT2D eigenvalue weighted by atomic mass is 19.1. The SMILES string of the molecule is CC(C)(C)OC(=O)N1CC[C@@H](NC(=O)c2ccc(-n3cccn3)c(F)c2)C(C)(C)C1. The monoisotopic (exact) mass is 416 g/mol. The minimum atomic E-state index is -0.557. The molecule has 1 aromatic heterocycles. The van der Waals surface area contributed by atoms with Crippen LogP contribution in [0, 0.1) is 11.2 Å². The van der Waals surface area contributed by atoms with Gasteiger partial charge in [0.1, 0.15) is 17.1 Å². The summed E-state index contributed by atoms with van der Waals surface area (Å²) in [5.74, 6) is -0.866. The fourth-order valence-corrected chi connectivity index (χ4v) is 3.59. The first-order chi connectivity index (χ1) is 14.0. The number of carbonyl (C=O) groups is 2. The van der Waals surface area contributed by atoms with Gasteiger partial charge in [-0.15, -0.1) is 0 Å². The first-order valence-electron chi connectivity index (χ1n) is 10.0. The van der Waals surface area contributed by atoms with Crippen molar-refractivity contribution in [2.45, 2.75) is 52.7 Å². The van der Waals surface area contributed by atoms with E-state index in [1.165, 1.54) is 16.8 Å². The van der Waals surface area contributed by atoms with E-state index in [2.05, 4.69) is 10.4 Å². The summed E-state index contributed by atoms with van der Waals surface area (Å²) in [6, 6.07) is 5.88. The normalized spacial score (nSPS) is 18.7. The highest BCUT2D eigenvalue weighted by Crippen LogP contribution is 2.30.